The van der Waals surface area contributed by atoms with Gasteiger partial charge >= 0.3 is 0 Å². The topological polar surface area (TPSA) is 95.8 Å². The van der Waals surface area contributed by atoms with Gasteiger partial charge in [-0.25, -0.2) is 0 Å². The van der Waals surface area contributed by atoms with Crippen LogP contribution in [-0.2, 0) is 5.41 Å². The molecule has 3 aliphatic rings. The van der Waals surface area contributed by atoms with E-state index in [1.807, 2.05) is 44.2 Å². The standard InChI is InChI=1S/C39H32O4.C33H30O4.CH4/c1-4-38(2,40)23-42-27-16-18-29-25(22-27)14-20-35-37(29)39(32-11-7-5-9-30(32)31-10-6-8-12-33(31)39)36-28-17-15-26(41-3)21-24(28)13-19-34(36)43-35;1-4-33(2,34)20-36-25-13-15-27-23(19-25)11-17-29-32(27)30(21-8-6-5-7-9-21)31-26-14-12-24(35-3)18-22(26)10-16-28(31)37-29;/h5-22,40H,4,23H2,1-3H3;5-19,30,34H,4,20H2,1-3H3;1H4. The average molecular weight is 1070 g/mol. The van der Waals surface area contributed by atoms with Crippen molar-refractivity contribution in [1.29, 1.82) is 0 Å². The lowest BCUT2D eigenvalue weighted by Crippen LogP contribution is -2.33. The van der Waals surface area contributed by atoms with Gasteiger partial charge in [0.15, 0.2) is 0 Å². The number of hydrogen-bond acceptors (Lipinski definition) is 8. The van der Waals surface area contributed by atoms with Crippen LogP contribution in [0.15, 0.2) is 200 Å². The highest BCUT2D eigenvalue weighted by Gasteiger charge is 2.52. The molecular weight excluding hydrogens is 1000 g/mol. The number of benzene rings is 11. The summed E-state index contributed by atoms with van der Waals surface area (Å²) in [5.74, 6) is 6.58. The van der Waals surface area contributed by atoms with Gasteiger partial charge < -0.3 is 38.6 Å². The second kappa shape index (κ2) is 20.7. The molecule has 11 aromatic rings. The molecule has 406 valence electrons. The number of hydrogen-bond donors (Lipinski definition) is 2. The van der Waals surface area contributed by atoms with Crippen LogP contribution >= 0.6 is 0 Å². The Balaban J connectivity index is 0.000000161. The van der Waals surface area contributed by atoms with Gasteiger partial charge in [-0.3, -0.25) is 0 Å². The number of rotatable bonds is 11. The highest BCUT2D eigenvalue weighted by Crippen LogP contribution is 2.65. The lowest BCUT2D eigenvalue weighted by atomic mass is 9.64. The molecule has 1 spiro atoms. The van der Waals surface area contributed by atoms with E-state index in [2.05, 4.69) is 170 Å². The van der Waals surface area contributed by atoms with E-state index in [4.69, 9.17) is 28.4 Å². The van der Waals surface area contributed by atoms with Crippen molar-refractivity contribution in [1.82, 2.24) is 0 Å². The van der Waals surface area contributed by atoms with Gasteiger partial charge in [-0.15, -0.1) is 0 Å². The molecule has 8 nitrogen and oxygen atoms in total. The van der Waals surface area contributed by atoms with Gasteiger partial charge in [0, 0.05) is 28.2 Å². The van der Waals surface area contributed by atoms with E-state index in [1.165, 1.54) is 27.8 Å². The summed E-state index contributed by atoms with van der Waals surface area (Å²) in [5.41, 5.74) is 8.41. The zero-order valence-corrected chi connectivity index (χ0v) is 45.8. The summed E-state index contributed by atoms with van der Waals surface area (Å²) >= 11 is 0. The summed E-state index contributed by atoms with van der Waals surface area (Å²) in [6.45, 7) is 8.00. The average Bonchev–Trinajstić information content (AvgIpc) is 1.93. The Labute approximate surface area is 473 Å². The van der Waals surface area contributed by atoms with E-state index >= 15 is 0 Å². The molecule has 81 heavy (non-hydrogen) atoms. The first-order valence-corrected chi connectivity index (χ1v) is 27.6. The fraction of sp³-hybridized carbons (Fsp3) is 0.205. The van der Waals surface area contributed by atoms with Gasteiger partial charge in [0.1, 0.15) is 59.2 Å². The SMILES string of the molecule is C.CCC(C)(O)COc1ccc2c3c(ccc2c1)Oc1ccc2cc(OC)ccc2c1C31c2ccccc2-c2ccccc21.CCC(C)(O)COc1ccc2c3c(ccc2c1)Oc1ccc2cc(OC)ccc2c1C3c1ccccc1. The molecule has 8 heteroatoms. The molecule has 0 saturated carbocycles. The third-order valence-electron chi connectivity index (χ3n) is 16.8. The smallest absolute Gasteiger partial charge is 0.132 e. The molecule has 11 aromatic carbocycles. The van der Waals surface area contributed by atoms with Crippen molar-refractivity contribution in [3.8, 4) is 57.1 Å². The molecule has 0 fully saturated rings. The summed E-state index contributed by atoms with van der Waals surface area (Å²) in [4.78, 5) is 0. The molecule has 3 atom stereocenters. The number of aliphatic hydroxyl groups is 2. The molecule has 2 aliphatic heterocycles. The first-order valence-electron chi connectivity index (χ1n) is 27.6. The van der Waals surface area contributed by atoms with Crippen molar-refractivity contribution in [3.63, 3.8) is 0 Å². The van der Waals surface area contributed by atoms with Crippen LogP contribution in [0, 0.1) is 0 Å². The summed E-state index contributed by atoms with van der Waals surface area (Å²) in [6, 6.07) is 69.8. The van der Waals surface area contributed by atoms with E-state index in [0.717, 1.165) is 111 Å². The van der Waals surface area contributed by atoms with Crippen LogP contribution in [0.3, 0.4) is 0 Å². The van der Waals surface area contributed by atoms with Crippen LogP contribution in [-0.4, -0.2) is 48.8 Å². The van der Waals surface area contributed by atoms with Crippen LogP contribution in [0.5, 0.6) is 46.0 Å². The number of fused-ring (bicyclic) bond motifs is 19. The van der Waals surface area contributed by atoms with Crippen LogP contribution < -0.4 is 28.4 Å². The van der Waals surface area contributed by atoms with Gasteiger partial charge in [-0.05, 0) is 170 Å². The second-order valence-electron chi connectivity index (χ2n) is 21.9. The Morgan fingerprint density at radius 3 is 1.25 bits per heavy atom. The van der Waals surface area contributed by atoms with Crippen molar-refractivity contribution in [2.75, 3.05) is 27.4 Å². The Kier molecular flexibility index (Phi) is 13.5. The molecule has 0 saturated heterocycles. The monoisotopic (exact) mass is 1070 g/mol. The van der Waals surface area contributed by atoms with Crippen molar-refractivity contribution in [2.24, 2.45) is 0 Å². The van der Waals surface area contributed by atoms with E-state index in [-0.39, 0.29) is 26.6 Å². The van der Waals surface area contributed by atoms with E-state index < -0.39 is 16.6 Å². The third kappa shape index (κ3) is 8.94. The normalized spacial score (nSPS) is 15.4. The fourth-order valence-electron chi connectivity index (χ4n) is 12.3. The molecule has 0 amide bonds. The van der Waals surface area contributed by atoms with Crippen LogP contribution in [0.1, 0.15) is 92.8 Å². The quantitative estimate of drug-likeness (QED) is 0.132. The Morgan fingerprint density at radius 2 is 0.802 bits per heavy atom. The molecule has 2 heterocycles. The van der Waals surface area contributed by atoms with Crippen molar-refractivity contribution < 1.29 is 38.6 Å². The minimum atomic E-state index is -0.882. The lowest BCUT2D eigenvalue weighted by Gasteiger charge is -2.41. The number of methoxy groups -OCH3 is 2. The highest BCUT2D eigenvalue weighted by molar-refractivity contribution is 6.03. The summed E-state index contributed by atoms with van der Waals surface area (Å²) in [7, 11) is 3.40. The third-order valence-corrected chi connectivity index (χ3v) is 16.8. The van der Waals surface area contributed by atoms with Crippen molar-refractivity contribution in [3.05, 3.63) is 239 Å². The van der Waals surface area contributed by atoms with Crippen LogP contribution in [0.4, 0.5) is 0 Å². The fourth-order valence-corrected chi connectivity index (χ4v) is 12.3. The Hall–Kier alpha value is -8.82. The molecule has 14 rings (SSSR count). The van der Waals surface area contributed by atoms with Crippen molar-refractivity contribution >= 4 is 43.1 Å². The summed E-state index contributed by atoms with van der Waals surface area (Å²) < 4.78 is 36.5. The van der Waals surface area contributed by atoms with Gasteiger partial charge in [0.25, 0.3) is 0 Å². The Morgan fingerprint density at radius 1 is 0.432 bits per heavy atom. The zero-order chi connectivity index (χ0) is 54.9. The zero-order valence-electron chi connectivity index (χ0n) is 45.8. The van der Waals surface area contributed by atoms with E-state index in [0.29, 0.717) is 12.8 Å². The molecule has 2 N–H and O–H groups in total. The van der Waals surface area contributed by atoms with Gasteiger partial charge in [-0.2, -0.15) is 0 Å². The minimum Gasteiger partial charge on any atom is -0.497 e. The first-order chi connectivity index (χ1) is 38.9. The van der Waals surface area contributed by atoms with Crippen LogP contribution in [0.25, 0.3) is 54.2 Å². The first kappa shape index (κ1) is 52.9. The summed E-state index contributed by atoms with van der Waals surface area (Å²) in [6.07, 6.45) is 1.25. The molecule has 0 radical (unpaired) electrons. The maximum Gasteiger partial charge on any atom is 0.132 e. The predicted molar refractivity (Wildman–Crippen MR) is 327 cm³/mol. The lowest BCUT2D eigenvalue weighted by molar-refractivity contribution is 0.00828. The Bertz CT molecular complexity index is 4170. The summed E-state index contributed by atoms with van der Waals surface area (Å²) in [5, 5.41) is 29.8. The molecular formula is C73H66O8. The maximum absolute atomic E-state index is 10.5. The molecule has 1 aliphatic carbocycles. The minimum absolute atomic E-state index is 0. The molecule has 0 bridgehead atoms. The maximum atomic E-state index is 10.5. The van der Waals surface area contributed by atoms with Gasteiger partial charge in [-0.1, -0.05) is 149 Å². The van der Waals surface area contributed by atoms with Gasteiger partial charge in [0.05, 0.1) is 30.8 Å². The predicted octanol–water partition coefficient (Wildman–Crippen LogP) is 17.5. The molecule has 0 aromatic heterocycles. The largest absolute Gasteiger partial charge is 0.497 e. The van der Waals surface area contributed by atoms with Crippen LogP contribution in [0.2, 0.25) is 0 Å². The highest BCUT2D eigenvalue weighted by atomic mass is 16.5. The van der Waals surface area contributed by atoms with E-state index in [9.17, 15) is 10.2 Å². The number of ether oxygens (including phenoxy) is 6. The molecule has 3 unspecified atom stereocenters. The van der Waals surface area contributed by atoms with E-state index in [1.54, 1.807) is 28.1 Å². The van der Waals surface area contributed by atoms with Crippen molar-refractivity contribution in [2.45, 2.75) is 70.5 Å². The van der Waals surface area contributed by atoms with Gasteiger partial charge in [0.2, 0.25) is 0 Å². The second-order valence-corrected chi connectivity index (χ2v) is 21.9.